The third kappa shape index (κ3) is 3.97. The van der Waals surface area contributed by atoms with Crippen molar-refractivity contribution >= 4 is 33.6 Å². The van der Waals surface area contributed by atoms with Gasteiger partial charge in [0.15, 0.2) is 0 Å². The smallest absolute Gasteiger partial charge is 0.239 e. The Kier molecular flexibility index (Phi) is 4.92. The zero-order chi connectivity index (χ0) is 13.9. The van der Waals surface area contributed by atoms with Crippen molar-refractivity contribution in [2.45, 2.75) is 30.6 Å². The van der Waals surface area contributed by atoms with E-state index in [1.165, 1.54) is 18.6 Å². The van der Waals surface area contributed by atoms with E-state index in [2.05, 4.69) is 28.2 Å². The van der Waals surface area contributed by atoms with Crippen LogP contribution in [-0.2, 0) is 4.79 Å². The van der Waals surface area contributed by atoms with Crippen molar-refractivity contribution in [3.8, 4) is 0 Å². The fraction of sp³-hybridized carbons (Fsp3) is 0.500. The zero-order valence-corrected chi connectivity index (χ0v) is 13.4. The Bertz CT molecular complexity index is 461. The molecule has 1 saturated heterocycles. The first-order chi connectivity index (χ1) is 9.00. The third-order valence-electron chi connectivity index (χ3n) is 3.45. The molecule has 19 heavy (non-hydrogen) atoms. The molecule has 5 heteroatoms. The highest BCUT2D eigenvalue weighted by Crippen LogP contribution is 2.37. The standard InChI is InChI=1S/C14H19BrN2OS/c1-14(6-3-7-19-14)9-17-12(13(16)18)10-4-2-5-11(15)8-10/h2,4-5,8,12,17H,3,6-7,9H2,1H3,(H2,16,18). The van der Waals surface area contributed by atoms with Crippen LogP contribution >= 0.6 is 27.7 Å². The third-order valence-corrected chi connectivity index (χ3v) is 5.48. The van der Waals surface area contributed by atoms with Crippen molar-refractivity contribution in [3.05, 3.63) is 34.3 Å². The van der Waals surface area contributed by atoms with Crippen molar-refractivity contribution in [1.29, 1.82) is 0 Å². The Balaban J connectivity index is 2.06. The molecule has 0 bridgehead atoms. The summed E-state index contributed by atoms with van der Waals surface area (Å²) in [6.07, 6.45) is 2.44. The van der Waals surface area contributed by atoms with E-state index in [0.717, 1.165) is 16.6 Å². The predicted octanol–water partition coefficient (Wildman–Crippen LogP) is 2.85. The van der Waals surface area contributed by atoms with E-state index in [1.807, 2.05) is 36.0 Å². The van der Waals surface area contributed by atoms with Gasteiger partial charge in [-0.05, 0) is 43.2 Å². The highest BCUT2D eigenvalue weighted by atomic mass is 79.9. The average Bonchev–Trinajstić information content (AvgIpc) is 2.76. The van der Waals surface area contributed by atoms with Gasteiger partial charge in [-0.15, -0.1) is 0 Å². The van der Waals surface area contributed by atoms with Crippen LogP contribution in [0.1, 0.15) is 31.4 Å². The van der Waals surface area contributed by atoms with Gasteiger partial charge in [-0.25, -0.2) is 0 Å². The number of carbonyl (C=O) groups excluding carboxylic acids is 1. The van der Waals surface area contributed by atoms with Crippen LogP contribution in [0.4, 0.5) is 0 Å². The van der Waals surface area contributed by atoms with Gasteiger partial charge in [0, 0.05) is 15.8 Å². The number of halogens is 1. The normalized spacial score (nSPS) is 24.3. The Morgan fingerprint density at radius 3 is 3.00 bits per heavy atom. The van der Waals surface area contributed by atoms with Crippen LogP contribution in [0.5, 0.6) is 0 Å². The van der Waals surface area contributed by atoms with Gasteiger partial charge in [-0.3, -0.25) is 4.79 Å². The summed E-state index contributed by atoms with van der Waals surface area (Å²) in [7, 11) is 0. The molecular formula is C14H19BrN2OS. The molecule has 0 saturated carbocycles. The van der Waals surface area contributed by atoms with Gasteiger partial charge < -0.3 is 11.1 Å². The van der Waals surface area contributed by atoms with Gasteiger partial charge in [0.1, 0.15) is 6.04 Å². The number of nitrogens with one attached hydrogen (secondary N) is 1. The summed E-state index contributed by atoms with van der Waals surface area (Å²) in [6, 6.07) is 7.30. The summed E-state index contributed by atoms with van der Waals surface area (Å²) in [4.78, 5) is 11.7. The van der Waals surface area contributed by atoms with Crippen molar-refractivity contribution < 1.29 is 4.79 Å². The van der Waals surface area contributed by atoms with Crippen LogP contribution in [0.2, 0.25) is 0 Å². The lowest BCUT2D eigenvalue weighted by atomic mass is 10.0. The molecule has 3 nitrogen and oxygen atoms in total. The largest absolute Gasteiger partial charge is 0.368 e. The molecule has 1 fully saturated rings. The number of primary amides is 1. The van der Waals surface area contributed by atoms with E-state index in [9.17, 15) is 4.79 Å². The number of thioether (sulfide) groups is 1. The SMILES string of the molecule is CC1(CNC(C(N)=O)c2cccc(Br)c2)CCCS1. The minimum atomic E-state index is -0.421. The maximum Gasteiger partial charge on any atom is 0.239 e. The topological polar surface area (TPSA) is 55.1 Å². The second-order valence-corrected chi connectivity index (χ2v) is 7.77. The molecule has 2 rings (SSSR count). The molecule has 1 aromatic rings. The van der Waals surface area contributed by atoms with Gasteiger partial charge in [0.25, 0.3) is 0 Å². The van der Waals surface area contributed by atoms with E-state index in [-0.39, 0.29) is 10.7 Å². The fourth-order valence-electron chi connectivity index (χ4n) is 2.36. The van der Waals surface area contributed by atoms with Gasteiger partial charge >= 0.3 is 0 Å². The molecule has 1 aliphatic heterocycles. The summed E-state index contributed by atoms with van der Waals surface area (Å²) in [5.74, 6) is 0.876. The molecule has 0 radical (unpaired) electrons. The van der Waals surface area contributed by atoms with Crippen LogP contribution in [-0.4, -0.2) is 23.0 Å². The number of amides is 1. The molecule has 2 atom stereocenters. The number of hydrogen-bond acceptors (Lipinski definition) is 3. The van der Waals surface area contributed by atoms with Gasteiger partial charge in [-0.1, -0.05) is 28.1 Å². The maximum absolute atomic E-state index is 11.7. The van der Waals surface area contributed by atoms with E-state index < -0.39 is 6.04 Å². The van der Waals surface area contributed by atoms with Crippen molar-refractivity contribution in [3.63, 3.8) is 0 Å². The highest BCUT2D eigenvalue weighted by molar-refractivity contribution is 9.10. The number of carbonyl (C=O) groups is 1. The Hall–Kier alpha value is -0.520. The molecular weight excluding hydrogens is 324 g/mol. The van der Waals surface area contributed by atoms with E-state index >= 15 is 0 Å². The maximum atomic E-state index is 11.7. The average molecular weight is 343 g/mol. The molecule has 1 aromatic carbocycles. The summed E-state index contributed by atoms with van der Waals surface area (Å²) in [5, 5.41) is 3.33. The van der Waals surface area contributed by atoms with Crippen LogP contribution in [0.3, 0.4) is 0 Å². The lowest BCUT2D eigenvalue weighted by Crippen LogP contribution is -2.40. The predicted molar refractivity (Wildman–Crippen MR) is 84.2 cm³/mol. The second-order valence-electron chi connectivity index (χ2n) is 5.17. The van der Waals surface area contributed by atoms with Gasteiger partial charge in [0.05, 0.1) is 0 Å². The molecule has 1 heterocycles. The summed E-state index contributed by atoms with van der Waals surface area (Å²) >= 11 is 5.40. The first-order valence-corrected chi connectivity index (χ1v) is 8.20. The molecule has 104 valence electrons. The van der Waals surface area contributed by atoms with Crippen LogP contribution in [0.25, 0.3) is 0 Å². The van der Waals surface area contributed by atoms with Gasteiger partial charge in [-0.2, -0.15) is 11.8 Å². The van der Waals surface area contributed by atoms with E-state index in [0.29, 0.717) is 0 Å². The van der Waals surface area contributed by atoms with Crippen molar-refractivity contribution in [2.75, 3.05) is 12.3 Å². The minimum Gasteiger partial charge on any atom is -0.368 e. The molecule has 0 spiro atoms. The Morgan fingerprint density at radius 1 is 1.63 bits per heavy atom. The highest BCUT2D eigenvalue weighted by Gasteiger charge is 2.31. The fourth-order valence-corrected chi connectivity index (χ4v) is 4.04. The van der Waals surface area contributed by atoms with Crippen molar-refractivity contribution in [2.24, 2.45) is 5.73 Å². The van der Waals surface area contributed by atoms with Crippen molar-refractivity contribution in [1.82, 2.24) is 5.32 Å². The lowest BCUT2D eigenvalue weighted by molar-refractivity contribution is -0.120. The lowest BCUT2D eigenvalue weighted by Gasteiger charge is -2.26. The van der Waals surface area contributed by atoms with Crippen LogP contribution < -0.4 is 11.1 Å². The summed E-state index contributed by atoms with van der Waals surface area (Å²) in [5.41, 5.74) is 6.43. The van der Waals surface area contributed by atoms with Gasteiger partial charge in [0.2, 0.25) is 5.91 Å². The molecule has 1 amide bonds. The Morgan fingerprint density at radius 2 is 2.42 bits per heavy atom. The number of rotatable bonds is 5. The number of hydrogen-bond donors (Lipinski definition) is 2. The molecule has 0 aromatic heterocycles. The first-order valence-electron chi connectivity index (χ1n) is 6.42. The van der Waals surface area contributed by atoms with Crippen LogP contribution in [0, 0.1) is 0 Å². The molecule has 1 aliphatic rings. The molecule has 2 unspecified atom stereocenters. The summed E-state index contributed by atoms with van der Waals surface area (Å²) < 4.78 is 1.18. The molecule has 3 N–H and O–H groups in total. The van der Waals surface area contributed by atoms with E-state index in [4.69, 9.17) is 5.73 Å². The Labute approximate surface area is 126 Å². The first kappa shape index (κ1) is 14.9. The summed E-state index contributed by atoms with van der Waals surface area (Å²) in [6.45, 7) is 3.05. The van der Waals surface area contributed by atoms with Crippen LogP contribution in [0.15, 0.2) is 28.7 Å². The zero-order valence-electron chi connectivity index (χ0n) is 11.0. The van der Waals surface area contributed by atoms with E-state index in [1.54, 1.807) is 0 Å². The monoisotopic (exact) mass is 342 g/mol. The number of benzene rings is 1. The minimum absolute atomic E-state index is 0.222. The molecule has 0 aliphatic carbocycles. The second kappa shape index (κ2) is 6.29. The number of nitrogens with two attached hydrogens (primary N) is 1. The quantitative estimate of drug-likeness (QED) is 0.864.